The van der Waals surface area contributed by atoms with E-state index >= 15 is 0 Å². The van der Waals surface area contributed by atoms with Crippen LogP contribution < -0.4 is 0 Å². The van der Waals surface area contributed by atoms with Gasteiger partial charge in [0.25, 0.3) is 5.92 Å². The van der Waals surface area contributed by atoms with E-state index in [4.69, 9.17) is 16.3 Å². The number of alkyl halides is 2. The SMILES string of the molecule is OC(c1cc(Cl)c(F)c2cn[nH]c12)C(F)(F)C1CCOCC1. The maximum absolute atomic E-state index is 14.6. The largest absolute Gasteiger partial charge is 0.382 e. The van der Waals surface area contributed by atoms with Gasteiger partial charge in [-0.05, 0) is 18.9 Å². The van der Waals surface area contributed by atoms with Crippen molar-refractivity contribution in [2.45, 2.75) is 24.9 Å². The van der Waals surface area contributed by atoms with Crippen LogP contribution in [0.4, 0.5) is 13.2 Å². The number of nitrogens with zero attached hydrogens (tertiary/aromatic N) is 1. The highest BCUT2D eigenvalue weighted by atomic mass is 35.5. The second-order valence-electron chi connectivity index (χ2n) is 5.38. The van der Waals surface area contributed by atoms with Gasteiger partial charge in [0, 0.05) is 24.7 Å². The van der Waals surface area contributed by atoms with Crippen LogP contribution in [0.15, 0.2) is 12.3 Å². The lowest BCUT2D eigenvalue weighted by Crippen LogP contribution is -2.38. The van der Waals surface area contributed by atoms with Crippen molar-refractivity contribution in [3.63, 3.8) is 0 Å². The Morgan fingerprint density at radius 2 is 2.09 bits per heavy atom. The number of H-pyrrole nitrogens is 1. The smallest absolute Gasteiger partial charge is 0.280 e. The number of halogens is 4. The van der Waals surface area contributed by atoms with Gasteiger partial charge in [0.05, 0.1) is 22.1 Å². The van der Waals surface area contributed by atoms with Crippen molar-refractivity contribution in [1.82, 2.24) is 10.2 Å². The van der Waals surface area contributed by atoms with Gasteiger partial charge >= 0.3 is 0 Å². The molecule has 120 valence electrons. The Labute approximate surface area is 129 Å². The van der Waals surface area contributed by atoms with Crippen LogP contribution in [0.2, 0.25) is 5.02 Å². The van der Waals surface area contributed by atoms with Gasteiger partial charge in [-0.15, -0.1) is 0 Å². The maximum atomic E-state index is 14.6. The third kappa shape index (κ3) is 2.47. The Hall–Kier alpha value is -1.31. The van der Waals surface area contributed by atoms with Gasteiger partial charge in [0.15, 0.2) is 5.82 Å². The van der Waals surface area contributed by atoms with Crippen molar-refractivity contribution < 1.29 is 23.0 Å². The van der Waals surface area contributed by atoms with Gasteiger partial charge < -0.3 is 9.84 Å². The van der Waals surface area contributed by atoms with E-state index in [2.05, 4.69) is 10.2 Å². The summed E-state index contributed by atoms with van der Waals surface area (Å²) >= 11 is 5.74. The molecule has 0 saturated carbocycles. The standard InChI is InChI=1S/C14H14ClF3N2O2/c15-10-5-8(12-9(11(10)16)6-19-20-12)13(21)14(17,18)7-1-3-22-4-2-7/h5-7,13,21H,1-4H2,(H,19,20). The van der Waals surface area contributed by atoms with Gasteiger partial charge in [0.2, 0.25) is 0 Å². The zero-order chi connectivity index (χ0) is 15.9. The lowest BCUT2D eigenvalue weighted by Gasteiger charge is -2.33. The first-order chi connectivity index (χ1) is 10.4. The van der Waals surface area contributed by atoms with E-state index in [9.17, 15) is 18.3 Å². The highest BCUT2D eigenvalue weighted by molar-refractivity contribution is 6.31. The van der Waals surface area contributed by atoms with Crippen LogP contribution in [0.1, 0.15) is 24.5 Å². The van der Waals surface area contributed by atoms with E-state index in [-0.39, 0.29) is 47.5 Å². The highest BCUT2D eigenvalue weighted by Crippen LogP contribution is 2.44. The molecular formula is C14H14ClF3N2O2. The second-order valence-corrected chi connectivity index (χ2v) is 5.79. The summed E-state index contributed by atoms with van der Waals surface area (Å²) in [6, 6.07) is 1.02. The summed E-state index contributed by atoms with van der Waals surface area (Å²) in [6.45, 7) is 0.466. The number of aromatic nitrogens is 2. The predicted molar refractivity (Wildman–Crippen MR) is 74.5 cm³/mol. The van der Waals surface area contributed by atoms with Gasteiger partial charge in [-0.25, -0.2) is 13.2 Å². The molecule has 0 amide bonds. The molecule has 0 bridgehead atoms. The molecule has 2 aromatic rings. The molecule has 1 aliphatic heterocycles. The summed E-state index contributed by atoms with van der Waals surface area (Å²) in [5, 5.41) is 15.9. The number of hydrogen-bond acceptors (Lipinski definition) is 3. The number of nitrogens with one attached hydrogen (secondary N) is 1. The fourth-order valence-electron chi connectivity index (χ4n) is 2.80. The molecule has 0 spiro atoms. The maximum Gasteiger partial charge on any atom is 0.280 e. The zero-order valence-electron chi connectivity index (χ0n) is 11.5. The number of fused-ring (bicyclic) bond motifs is 1. The number of benzene rings is 1. The van der Waals surface area contributed by atoms with Crippen LogP contribution in [0.3, 0.4) is 0 Å². The molecule has 1 aromatic heterocycles. The first-order valence-electron chi connectivity index (χ1n) is 6.87. The summed E-state index contributed by atoms with van der Waals surface area (Å²) in [7, 11) is 0. The van der Waals surface area contributed by atoms with Gasteiger partial charge in [0.1, 0.15) is 6.10 Å². The summed E-state index contributed by atoms with van der Waals surface area (Å²) in [4.78, 5) is 0. The average Bonchev–Trinajstić information content (AvgIpc) is 3.01. The lowest BCUT2D eigenvalue weighted by atomic mass is 9.86. The minimum absolute atomic E-state index is 0.0238. The summed E-state index contributed by atoms with van der Waals surface area (Å²) < 4.78 is 48.1. The van der Waals surface area contributed by atoms with Crippen LogP contribution >= 0.6 is 11.6 Å². The Kier molecular flexibility index (Phi) is 4.05. The van der Waals surface area contributed by atoms with Crippen LogP contribution in [0, 0.1) is 11.7 Å². The third-order valence-electron chi connectivity index (χ3n) is 4.08. The molecule has 1 atom stereocenters. The Morgan fingerprint density at radius 3 is 2.77 bits per heavy atom. The van der Waals surface area contributed by atoms with Crippen molar-refractivity contribution in [2.75, 3.05) is 13.2 Å². The fraction of sp³-hybridized carbons (Fsp3) is 0.500. The molecule has 1 aliphatic rings. The Bertz CT molecular complexity index is 686. The predicted octanol–water partition coefficient (Wildman–Crippen LogP) is 3.45. The van der Waals surface area contributed by atoms with Crippen LogP contribution in [0.25, 0.3) is 10.9 Å². The molecular weight excluding hydrogens is 321 g/mol. The quantitative estimate of drug-likeness (QED) is 0.904. The third-order valence-corrected chi connectivity index (χ3v) is 4.36. The molecule has 22 heavy (non-hydrogen) atoms. The molecule has 4 nitrogen and oxygen atoms in total. The number of rotatable bonds is 3. The first kappa shape index (κ1) is 15.6. The van der Waals surface area contributed by atoms with Crippen LogP contribution in [-0.4, -0.2) is 34.4 Å². The molecule has 0 radical (unpaired) electrons. The number of aliphatic hydroxyl groups is 1. The molecule has 1 aromatic carbocycles. The van der Waals surface area contributed by atoms with Crippen molar-refractivity contribution in [2.24, 2.45) is 5.92 Å². The van der Waals surface area contributed by atoms with E-state index in [1.807, 2.05) is 0 Å². The molecule has 1 saturated heterocycles. The van der Waals surface area contributed by atoms with Gasteiger partial charge in [-0.1, -0.05) is 11.6 Å². The Morgan fingerprint density at radius 1 is 1.41 bits per heavy atom. The summed E-state index contributed by atoms with van der Waals surface area (Å²) in [6.07, 6.45) is -0.632. The molecule has 3 rings (SSSR count). The van der Waals surface area contributed by atoms with Gasteiger partial charge in [-0.2, -0.15) is 5.10 Å². The van der Waals surface area contributed by atoms with Crippen molar-refractivity contribution >= 4 is 22.5 Å². The monoisotopic (exact) mass is 334 g/mol. The molecule has 8 heteroatoms. The van der Waals surface area contributed by atoms with Crippen molar-refractivity contribution in [1.29, 1.82) is 0 Å². The van der Waals surface area contributed by atoms with Crippen LogP contribution in [0.5, 0.6) is 0 Å². The Balaban J connectivity index is 2.02. The number of hydrogen-bond donors (Lipinski definition) is 2. The normalized spacial score (nSPS) is 18.8. The van der Waals surface area contributed by atoms with E-state index < -0.39 is 23.8 Å². The molecule has 1 fully saturated rings. The minimum Gasteiger partial charge on any atom is -0.382 e. The van der Waals surface area contributed by atoms with Crippen molar-refractivity contribution in [3.8, 4) is 0 Å². The number of ether oxygens (including phenoxy) is 1. The number of aliphatic hydroxyl groups excluding tert-OH is 1. The summed E-state index contributed by atoms with van der Waals surface area (Å²) in [5.74, 6) is -5.13. The lowest BCUT2D eigenvalue weighted by molar-refractivity contribution is -0.168. The second kappa shape index (κ2) is 5.72. The zero-order valence-corrected chi connectivity index (χ0v) is 12.2. The first-order valence-corrected chi connectivity index (χ1v) is 7.25. The van der Waals surface area contributed by atoms with E-state index in [1.54, 1.807) is 0 Å². The molecule has 1 unspecified atom stereocenters. The minimum atomic E-state index is -3.37. The average molecular weight is 335 g/mol. The molecule has 0 aliphatic carbocycles. The summed E-state index contributed by atoms with van der Waals surface area (Å²) in [5.41, 5.74) is -0.128. The van der Waals surface area contributed by atoms with Gasteiger partial charge in [-0.3, -0.25) is 5.10 Å². The highest BCUT2D eigenvalue weighted by Gasteiger charge is 2.48. The topological polar surface area (TPSA) is 58.1 Å². The van der Waals surface area contributed by atoms with E-state index in [0.717, 1.165) is 12.3 Å². The van der Waals surface area contributed by atoms with E-state index in [1.165, 1.54) is 0 Å². The van der Waals surface area contributed by atoms with Crippen molar-refractivity contribution in [3.05, 3.63) is 28.7 Å². The molecule has 2 heterocycles. The fourth-order valence-corrected chi connectivity index (χ4v) is 3.02. The van der Waals surface area contributed by atoms with Crippen LogP contribution in [-0.2, 0) is 4.74 Å². The molecule has 2 N–H and O–H groups in total. The number of aromatic amines is 1. The van der Waals surface area contributed by atoms with E-state index in [0.29, 0.717) is 0 Å².